The molecule has 0 aliphatic heterocycles. The highest BCUT2D eigenvalue weighted by molar-refractivity contribution is 7.80. The highest BCUT2D eigenvalue weighted by Crippen LogP contribution is 2.13. The molecule has 1 N–H and O–H groups in total. The Balaban J connectivity index is 2.63. The number of amides is 1. The molecule has 1 unspecified atom stereocenters. The van der Waals surface area contributed by atoms with E-state index in [0.29, 0.717) is 11.5 Å². The number of thiol groups is 1. The Morgan fingerprint density at radius 2 is 1.94 bits per heavy atom. The summed E-state index contributed by atoms with van der Waals surface area (Å²) in [4.78, 5) is 12.6. The molecule has 1 atom stereocenters. The van der Waals surface area contributed by atoms with E-state index in [0.717, 1.165) is 11.3 Å². The Morgan fingerprint density at radius 3 is 2.50 bits per heavy atom. The molecule has 0 fully saturated rings. The lowest BCUT2D eigenvalue weighted by molar-refractivity contribution is 0.0933. The summed E-state index contributed by atoms with van der Waals surface area (Å²) in [7, 11) is 0. The van der Waals surface area contributed by atoms with Gasteiger partial charge in [-0.2, -0.15) is 0 Å². The van der Waals surface area contributed by atoms with Gasteiger partial charge in [0.15, 0.2) is 0 Å². The summed E-state index contributed by atoms with van der Waals surface area (Å²) >= 11 is 4.27. The molecule has 0 aromatic heterocycles. The van der Waals surface area contributed by atoms with Gasteiger partial charge in [-0.15, -0.1) is 12.6 Å². The zero-order valence-electron chi connectivity index (χ0n) is 10.0. The average Bonchev–Trinajstić information content (AvgIpc) is 2.16. The Labute approximate surface area is 103 Å². The lowest BCUT2D eigenvalue weighted by Crippen LogP contribution is -2.33. The molecule has 3 heteroatoms. The smallest absolute Gasteiger partial charge is 0.252 e. The first kappa shape index (κ1) is 13.1. The lowest BCUT2D eigenvalue weighted by Gasteiger charge is -2.16. The molecule has 1 aromatic carbocycles. The summed E-state index contributed by atoms with van der Waals surface area (Å²) in [5.41, 5.74) is 0.640. The normalized spacial score (nSPS) is 12.6. The molecule has 1 rings (SSSR count). The van der Waals surface area contributed by atoms with E-state index in [1.165, 1.54) is 0 Å². The van der Waals surface area contributed by atoms with Crippen LogP contribution < -0.4 is 5.32 Å². The molecule has 0 aliphatic carbocycles. The van der Waals surface area contributed by atoms with Gasteiger partial charge in [0.2, 0.25) is 0 Å². The van der Waals surface area contributed by atoms with Crippen molar-refractivity contribution >= 4 is 18.5 Å². The predicted octanol–water partition coefficient (Wildman–Crippen LogP) is 3.14. The third kappa shape index (κ3) is 3.89. The van der Waals surface area contributed by atoms with E-state index >= 15 is 0 Å². The van der Waals surface area contributed by atoms with Crippen LogP contribution in [-0.4, -0.2) is 11.9 Å². The van der Waals surface area contributed by atoms with Gasteiger partial charge in [0.25, 0.3) is 5.91 Å². The second-order valence-corrected chi connectivity index (χ2v) is 5.00. The third-order valence-electron chi connectivity index (χ3n) is 2.35. The van der Waals surface area contributed by atoms with Crippen LogP contribution in [0.1, 0.15) is 37.6 Å². The number of rotatable bonds is 4. The van der Waals surface area contributed by atoms with Crippen molar-refractivity contribution in [2.75, 3.05) is 0 Å². The second kappa shape index (κ2) is 5.94. The van der Waals surface area contributed by atoms with E-state index in [1.807, 2.05) is 25.1 Å². The predicted molar refractivity (Wildman–Crippen MR) is 70.1 cm³/mol. The molecule has 16 heavy (non-hydrogen) atoms. The maximum Gasteiger partial charge on any atom is 0.252 e. The molecule has 88 valence electrons. The first-order valence-corrected chi connectivity index (χ1v) is 6.04. The minimum Gasteiger partial charge on any atom is -0.350 e. The molecule has 0 radical (unpaired) electrons. The average molecular weight is 237 g/mol. The monoisotopic (exact) mass is 237 g/mol. The summed E-state index contributed by atoms with van der Waals surface area (Å²) in [5, 5.41) is 2.98. The minimum atomic E-state index is -0.0428. The Morgan fingerprint density at radius 1 is 1.31 bits per heavy atom. The van der Waals surface area contributed by atoms with Crippen LogP contribution in [0.5, 0.6) is 0 Å². The molecule has 2 nitrogen and oxygen atoms in total. The largest absolute Gasteiger partial charge is 0.350 e. The van der Waals surface area contributed by atoms with E-state index in [1.54, 1.807) is 6.07 Å². The van der Waals surface area contributed by atoms with Crippen molar-refractivity contribution in [3.05, 3.63) is 29.8 Å². The van der Waals surface area contributed by atoms with Crippen LogP contribution in [0.3, 0.4) is 0 Å². The van der Waals surface area contributed by atoms with Crippen molar-refractivity contribution in [2.45, 2.75) is 38.1 Å². The van der Waals surface area contributed by atoms with Crippen LogP contribution >= 0.6 is 12.6 Å². The van der Waals surface area contributed by atoms with Crippen molar-refractivity contribution in [3.8, 4) is 0 Å². The number of hydrogen-bond donors (Lipinski definition) is 2. The first-order chi connectivity index (χ1) is 7.50. The van der Waals surface area contributed by atoms with Gasteiger partial charge in [-0.1, -0.05) is 26.0 Å². The number of hydrogen-bond acceptors (Lipinski definition) is 2. The summed E-state index contributed by atoms with van der Waals surface area (Å²) < 4.78 is 0. The van der Waals surface area contributed by atoms with Crippen molar-refractivity contribution in [3.63, 3.8) is 0 Å². The molecular weight excluding hydrogens is 218 g/mol. The van der Waals surface area contributed by atoms with Crippen LogP contribution in [0.2, 0.25) is 0 Å². The van der Waals surface area contributed by atoms with Gasteiger partial charge in [0, 0.05) is 10.9 Å². The summed E-state index contributed by atoms with van der Waals surface area (Å²) in [6, 6.07) is 7.53. The molecule has 0 aliphatic rings. The van der Waals surface area contributed by atoms with Gasteiger partial charge >= 0.3 is 0 Å². The van der Waals surface area contributed by atoms with Gasteiger partial charge in [-0.05, 0) is 31.4 Å². The Bertz CT molecular complexity index is 363. The quantitative estimate of drug-likeness (QED) is 0.774. The Kier molecular flexibility index (Phi) is 4.87. The van der Waals surface area contributed by atoms with E-state index in [2.05, 4.69) is 31.8 Å². The van der Waals surface area contributed by atoms with Gasteiger partial charge in [0.05, 0.1) is 5.56 Å². The topological polar surface area (TPSA) is 29.1 Å². The maximum atomic E-state index is 11.9. The fourth-order valence-corrected chi connectivity index (χ4v) is 2.00. The molecule has 0 bridgehead atoms. The van der Waals surface area contributed by atoms with Crippen molar-refractivity contribution < 1.29 is 4.79 Å². The van der Waals surface area contributed by atoms with E-state index < -0.39 is 0 Å². The SMILES string of the molecule is CC(C)CC(C)NC(=O)c1ccccc1S. The summed E-state index contributed by atoms with van der Waals surface area (Å²) in [6.07, 6.45) is 0.987. The standard InChI is InChI=1S/C13H19NOS/c1-9(2)8-10(3)14-13(15)11-6-4-5-7-12(11)16/h4-7,9-10,16H,8H2,1-3H3,(H,14,15). The van der Waals surface area contributed by atoms with E-state index in [9.17, 15) is 4.79 Å². The fraction of sp³-hybridized carbons (Fsp3) is 0.462. The minimum absolute atomic E-state index is 0.0428. The van der Waals surface area contributed by atoms with Crippen molar-refractivity contribution in [1.29, 1.82) is 0 Å². The molecule has 0 heterocycles. The molecule has 0 saturated heterocycles. The number of carbonyl (C=O) groups excluding carboxylic acids is 1. The number of benzene rings is 1. The van der Waals surface area contributed by atoms with Gasteiger partial charge in [0.1, 0.15) is 0 Å². The van der Waals surface area contributed by atoms with Crippen LogP contribution in [-0.2, 0) is 0 Å². The number of nitrogens with one attached hydrogen (secondary N) is 1. The van der Waals surface area contributed by atoms with E-state index in [-0.39, 0.29) is 11.9 Å². The van der Waals surface area contributed by atoms with Crippen LogP contribution in [0.25, 0.3) is 0 Å². The molecule has 0 saturated carbocycles. The van der Waals surface area contributed by atoms with Gasteiger partial charge < -0.3 is 5.32 Å². The van der Waals surface area contributed by atoms with E-state index in [4.69, 9.17) is 0 Å². The molecule has 0 spiro atoms. The highest BCUT2D eigenvalue weighted by Gasteiger charge is 2.12. The summed E-state index contributed by atoms with van der Waals surface area (Å²) in [5.74, 6) is 0.542. The lowest BCUT2D eigenvalue weighted by atomic mass is 10.0. The van der Waals surface area contributed by atoms with Gasteiger partial charge in [-0.25, -0.2) is 0 Å². The zero-order chi connectivity index (χ0) is 12.1. The van der Waals surface area contributed by atoms with Crippen molar-refractivity contribution in [1.82, 2.24) is 5.32 Å². The molecule has 1 amide bonds. The second-order valence-electron chi connectivity index (χ2n) is 4.52. The number of carbonyl (C=O) groups is 1. The van der Waals surface area contributed by atoms with Crippen LogP contribution in [0.15, 0.2) is 29.2 Å². The highest BCUT2D eigenvalue weighted by atomic mass is 32.1. The van der Waals surface area contributed by atoms with Gasteiger partial charge in [-0.3, -0.25) is 4.79 Å². The maximum absolute atomic E-state index is 11.9. The fourth-order valence-electron chi connectivity index (χ4n) is 1.73. The molecule has 1 aromatic rings. The van der Waals surface area contributed by atoms with Crippen LogP contribution in [0.4, 0.5) is 0 Å². The first-order valence-electron chi connectivity index (χ1n) is 5.59. The van der Waals surface area contributed by atoms with Crippen LogP contribution in [0, 0.1) is 5.92 Å². The third-order valence-corrected chi connectivity index (χ3v) is 2.74. The Hall–Kier alpha value is -0.960. The molecular formula is C13H19NOS. The summed E-state index contributed by atoms with van der Waals surface area (Å²) in [6.45, 7) is 6.32. The zero-order valence-corrected chi connectivity index (χ0v) is 10.9. The van der Waals surface area contributed by atoms with Crippen molar-refractivity contribution in [2.24, 2.45) is 5.92 Å².